The Morgan fingerprint density at radius 1 is 1.06 bits per heavy atom. The zero-order valence-corrected chi connectivity index (χ0v) is 21.7. The topological polar surface area (TPSA) is 59.0 Å². The molecule has 6 heteroatoms. The second-order valence-corrected chi connectivity index (χ2v) is 8.51. The lowest BCUT2D eigenvalue weighted by Gasteiger charge is -2.31. The highest BCUT2D eigenvalue weighted by Crippen LogP contribution is 2.37. The van der Waals surface area contributed by atoms with Gasteiger partial charge in [-0.15, -0.1) is 0 Å². The third-order valence-corrected chi connectivity index (χ3v) is 6.57. The number of phenolic OH excluding ortho intramolecular Hbond substituents is 2. The third kappa shape index (κ3) is 5.50. The van der Waals surface area contributed by atoms with Gasteiger partial charge in [0.05, 0.1) is 11.4 Å². The molecule has 5 nitrogen and oxygen atoms in total. The summed E-state index contributed by atoms with van der Waals surface area (Å²) in [5, 5.41) is 24.2. The first kappa shape index (κ1) is 26.3. The predicted molar refractivity (Wildman–Crippen MR) is 145 cm³/mol. The molecule has 0 spiro atoms. The third-order valence-electron chi connectivity index (χ3n) is 6.19. The standard InChI is InChI=1S/C27H37N3O2S/c1-9-17(4)19(6)29(11-3)24-15-22(13-12-18(24)5)30(27(33)28-8)20(7)23-14-21(10-2)25(31)16-26(23)32/h12-16,31-32H,7,9-11H2,1-6,8H3,(H,28,33)/b19-17+. The van der Waals surface area contributed by atoms with Crippen LogP contribution in [-0.2, 0) is 6.42 Å². The number of benzene rings is 2. The number of aromatic hydroxyl groups is 2. The van der Waals surface area contributed by atoms with Crippen LogP contribution in [0.25, 0.3) is 5.70 Å². The maximum Gasteiger partial charge on any atom is 0.177 e. The van der Waals surface area contributed by atoms with E-state index >= 15 is 0 Å². The van der Waals surface area contributed by atoms with Gasteiger partial charge >= 0.3 is 0 Å². The van der Waals surface area contributed by atoms with E-state index < -0.39 is 0 Å². The van der Waals surface area contributed by atoms with Crippen molar-refractivity contribution in [2.75, 3.05) is 23.4 Å². The van der Waals surface area contributed by atoms with Crippen molar-refractivity contribution < 1.29 is 10.2 Å². The van der Waals surface area contributed by atoms with Crippen LogP contribution in [0.3, 0.4) is 0 Å². The Hall–Kier alpha value is -2.99. The van der Waals surface area contributed by atoms with Crippen LogP contribution in [0.4, 0.5) is 11.4 Å². The Labute approximate surface area is 204 Å². The van der Waals surface area contributed by atoms with Crippen LogP contribution in [0, 0.1) is 6.92 Å². The van der Waals surface area contributed by atoms with E-state index in [1.807, 2.05) is 17.9 Å². The fourth-order valence-electron chi connectivity index (χ4n) is 3.87. The molecule has 0 amide bonds. The van der Waals surface area contributed by atoms with Crippen molar-refractivity contribution in [3.63, 3.8) is 0 Å². The first-order valence-corrected chi connectivity index (χ1v) is 11.8. The molecule has 2 rings (SSSR count). The van der Waals surface area contributed by atoms with Crippen LogP contribution >= 0.6 is 12.2 Å². The molecule has 33 heavy (non-hydrogen) atoms. The molecule has 0 aromatic heterocycles. The average Bonchev–Trinajstić information content (AvgIpc) is 2.80. The number of rotatable bonds is 8. The highest BCUT2D eigenvalue weighted by Gasteiger charge is 2.22. The van der Waals surface area contributed by atoms with Crippen LogP contribution in [0.2, 0.25) is 0 Å². The van der Waals surface area contributed by atoms with Crippen LogP contribution in [0.1, 0.15) is 57.7 Å². The summed E-state index contributed by atoms with van der Waals surface area (Å²) in [5.41, 5.74) is 7.46. The lowest BCUT2D eigenvalue weighted by molar-refractivity contribution is 0.445. The average molecular weight is 468 g/mol. The van der Waals surface area contributed by atoms with Crippen LogP contribution in [-0.4, -0.2) is 28.9 Å². The van der Waals surface area contributed by atoms with Gasteiger partial charge < -0.3 is 20.4 Å². The Morgan fingerprint density at radius 3 is 2.27 bits per heavy atom. The first-order chi connectivity index (χ1) is 15.6. The fourth-order valence-corrected chi connectivity index (χ4v) is 4.08. The number of nitrogens with zero attached hydrogens (tertiary/aromatic N) is 2. The minimum Gasteiger partial charge on any atom is -0.508 e. The number of thiocarbonyl (C=S) groups is 1. The van der Waals surface area contributed by atoms with Crippen molar-refractivity contribution in [3.05, 3.63) is 64.9 Å². The zero-order valence-electron chi connectivity index (χ0n) is 20.9. The van der Waals surface area contributed by atoms with Crippen molar-refractivity contribution in [2.24, 2.45) is 0 Å². The summed E-state index contributed by atoms with van der Waals surface area (Å²) in [5.74, 6) is 0.0255. The van der Waals surface area contributed by atoms with Crippen molar-refractivity contribution in [3.8, 4) is 11.5 Å². The molecule has 2 aromatic carbocycles. The predicted octanol–water partition coefficient (Wildman–Crippen LogP) is 6.48. The number of anilines is 2. The summed E-state index contributed by atoms with van der Waals surface area (Å²) in [4.78, 5) is 4.14. The van der Waals surface area contributed by atoms with Crippen molar-refractivity contribution >= 4 is 34.4 Å². The maximum absolute atomic E-state index is 10.6. The molecule has 0 unspecified atom stereocenters. The van der Waals surface area contributed by atoms with E-state index in [9.17, 15) is 10.2 Å². The lowest BCUT2D eigenvalue weighted by atomic mass is 10.0. The first-order valence-electron chi connectivity index (χ1n) is 11.4. The zero-order chi connectivity index (χ0) is 24.9. The molecule has 0 bridgehead atoms. The SMILES string of the molecule is C=C(c1cc(CC)c(O)cc1O)N(C(=S)NC)c1ccc(C)c(N(CC)/C(C)=C(\C)CC)c1. The molecule has 0 aliphatic carbocycles. The number of phenols is 2. The molecule has 3 N–H and O–H groups in total. The Balaban J connectivity index is 2.67. The van der Waals surface area contributed by atoms with E-state index in [2.05, 4.69) is 63.5 Å². The molecule has 0 atom stereocenters. The lowest BCUT2D eigenvalue weighted by Crippen LogP contribution is -2.36. The Morgan fingerprint density at radius 2 is 1.73 bits per heavy atom. The van der Waals surface area contributed by atoms with Gasteiger partial charge in [-0.1, -0.05) is 32.1 Å². The number of hydrogen-bond acceptors (Lipinski definition) is 4. The van der Waals surface area contributed by atoms with Gasteiger partial charge in [0.15, 0.2) is 5.11 Å². The summed E-state index contributed by atoms with van der Waals surface area (Å²) >= 11 is 5.65. The molecule has 0 heterocycles. The van der Waals surface area contributed by atoms with E-state index in [1.54, 1.807) is 13.1 Å². The number of hydrogen-bond donors (Lipinski definition) is 3. The van der Waals surface area contributed by atoms with E-state index in [0.717, 1.165) is 35.5 Å². The molecule has 2 aromatic rings. The number of allylic oxidation sites excluding steroid dienone is 2. The summed E-state index contributed by atoms with van der Waals surface area (Å²) in [6, 6.07) is 9.32. The van der Waals surface area contributed by atoms with Gasteiger partial charge in [-0.05, 0) is 82.1 Å². The molecule has 0 saturated carbocycles. The largest absolute Gasteiger partial charge is 0.508 e. The fraction of sp³-hybridized carbons (Fsp3) is 0.370. The normalized spacial score (nSPS) is 11.6. The van der Waals surface area contributed by atoms with Crippen LogP contribution < -0.4 is 15.1 Å². The molecular formula is C27H37N3O2S. The smallest absolute Gasteiger partial charge is 0.177 e. The molecule has 0 radical (unpaired) electrons. The summed E-state index contributed by atoms with van der Waals surface area (Å²) in [6.45, 7) is 17.8. The van der Waals surface area contributed by atoms with Crippen LogP contribution in [0.5, 0.6) is 11.5 Å². The van der Waals surface area contributed by atoms with Gasteiger partial charge in [0.1, 0.15) is 11.5 Å². The molecule has 178 valence electrons. The Kier molecular flexibility index (Phi) is 8.94. The maximum atomic E-state index is 10.6. The summed E-state index contributed by atoms with van der Waals surface area (Å²) in [6.07, 6.45) is 1.62. The van der Waals surface area contributed by atoms with E-state index in [-0.39, 0.29) is 11.5 Å². The molecule has 0 fully saturated rings. The highest BCUT2D eigenvalue weighted by atomic mass is 32.1. The van der Waals surface area contributed by atoms with Gasteiger partial charge in [0.2, 0.25) is 0 Å². The van der Waals surface area contributed by atoms with Crippen molar-refractivity contribution in [1.82, 2.24) is 5.32 Å². The van der Waals surface area contributed by atoms with Gasteiger partial charge in [0, 0.05) is 36.6 Å². The van der Waals surface area contributed by atoms with Crippen molar-refractivity contribution in [1.29, 1.82) is 0 Å². The quantitative estimate of drug-likeness (QED) is 0.386. The minimum atomic E-state index is -0.0431. The Bertz CT molecular complexity index is 1080. The molecule has 0 aliphatic rings. The van der Waals surface area contributed by atoms with E-state index in [4.69, 9.17) is 12.2 Å². The number of nitrogens with one attached hydrogen (secondary N) is 1. The monoisotopic (exact) mass is 467 g/mol. The van der Waals surface area contributed by atoms with E-state index in [1.165, 1.54) is 17.3 Å². The van der Waals surface area contributed by atoms with Crippen molar-refractivity contribution in [2.45, 2.75) is 54.4 Å². The minimum absolute atomic E-state index is 0.0431. The highest BCUT2D eigenvalue weighted by molar-refractivity contribution is 7.80. The molecular weight excluding hydrogens is 430 g/mol. The second kappa shape index (κ2) is 11.2. The summed E-state index contributed by atoms with van der Waals surface area (Å²) in [7, 11) is 1.77. The summed E-state index contributed by atoms with van der Waals surface area (Å²) < 4.78 is 0. The van der Waals surface area contributed by atoms with E-state index in [0.29, 0.717) is 22.8 Å². The molecule has 0 aliphatic heterocycles. The van der Waals surface area contributed by atoms with Gasteiger partial charge in [-0.3, -0.25) is 4.90 Å². The number of aryl methyl sites for hydroxylation is 2. The van der Waals surface area contributed by atoms with Gasteiger partial charge in [0.25, 0.3) is 0 Å². The van der Waals surface area contributed by atoms with Gasteiger partial charge in [-0.2, -0.15) is 0 Å². The van der Waals surface area contributed by atoms with Crippen LogP contribution in [0.15, 0.2) is 48.2 Å². The second-order valence-electron chi connectivity index (χ2n) is 8.12. The van der Waals surface area contributed by atoms with Gasteiger partial charge in [-0.25, -0.2) is 0 Å². The molecule has 0 saturated heterocycles.